The number of rotatable bonds is 3. The molecule has 0 bridgehead atoms. The van der Waals surface area contributed by atoms with Crippen LogP contribution in [0.25, 0.3) is 0 Å². The molecule has 4 rings (SSSR count). The standard InChI is InChI=1S/C20H19Cl2FN2O3S/c21-16-12-17(22)18(23)11-15(16)20(26)25-9-6-13-10-14(4-5-19(13)25)29(27,28)24-7-2-1-3-8-24/h4-5,10-12H,1-3,6-9H2. The molecular weight excluding hydrogens is 438 g/mol. The van der Waals surface area contributed by atoms with Crippen LogP contribution in [0.15, 0.2) is 35.2 Å². The molecule has 1 fully saturated rings. The zero-order valence-electron chi connectivity index (χ0n) is 15.5. The van der Waals surface area contributed by atoms with Crippen molar-refractivity contribution in [2.75, 3.05) is 24.5 Å². The smallest absolute Gasteiger partial charge is 0.259 e. The molecule has 0 radical (unpaired) electrons. The first-order chi connectivity index (χ1) is 13.8. The molecule has 0 aromatic heterocycles. The summed E-state index contributed by atoms with van der Waals surface area (Å²) in [4.78, 5) is 14.7. The molecule has 2 aromatic carbocycles. The molecule has 0 unspecified atom stereocenters. The highest BCUT2D eigenvalue weighted by molar-refractivity contribution is 7.89. The minimum atomic E-state index is -3.55. The van der Waals surface area contributed by atoms with Crippen molar-refractivity contribution in [2.45, 2.75) is 30.6 Å². The third kappa shape index (κ3) is 3.77. The molecule has 9 heteroatoms. The van der Waals surface area contributed by atoms with Crippen LogP contribution in [0.2, 0.25) is 10.0 Å². The van der Waals surface area contributed by atoms with Gasteiger partial charge in [0.2, 0.25) is 10.0 Å². The molecule has 5 nitrogen and oxygen atoms in total. The van der Waals surface area contributed by atoms with Crippen LogP contribution >= 0.6 is 23.2 Å². The van der Waals surface area contributed by atoms with E-state index in [1.165, 1.54) is 21.3 Å². The second kappa shape index (κ2) is 7.87. The number of carbonyl (C=O) groups excluding carboxylic acids is 1. The lowest BCUT2D eigenvalue weighted by Gasteiger charge is -2.26. The monoisotopic (exact) mass is 456 g/mol. The Kier molecular flexibility index (Phi) is 5.59. The number of sulfonamides is 1. The Hall–Kier alpha value is -1.67. The van der Waals surface area contributed by atoms with Gasteiger partial charge in [0.25, 0.3) is 5.91 Å². The average molecular weight is 457 g/mol. The number of anilines is 1. The summed E-state index contributed by atoms with van der Waals surface area (Å²) in [6.45, 7) is 1.43. The van der Waals surface area contributed by atoms with E-state index < -0.39 is 21.7 Å². The number of benzene rings is 2. The van der Waals surface area contributed by atoms with E-state index in [0.29, 0.717) is 31.7 Å². The van der Waals surface area contributed by atoms with E-state index in [4.69, 9.17) is 23.2 Å². The third-order valence-corrected chi connectivity index (χ3v) is 7.88. The molecule has 2 aromatic rings. The van der Waals surface area contributed by atoms with Gasteiger partial charge < -0.3 is 4.90 Å². The van der Waals surface area contributed by atoms with Crippen LogP contribution in [-0.2, 0) is 16.4 Å². The molecule has 0 N–H and O–H groups in total. The van der Waals surface area contributed by atoms with Crippen LogP contribution in [-0.4, -0.2) is 38.3 Å². The fraction of sp³-hybridized carbons (Fsp3) is 0.350. The van der Waals surface area contributed by atoms with Crippen LogP contribution in [0.4, 0.5) is 10.1 Å². The molecule has 0 spiro atoms. The predicted molar refractivity (Wildman–Crippen MR) is 111 cm³/mol. The molecule has 2 aliphatic heterocycles. The molecule has 2 heterocycles. The van der Waals surface area contributed by atoms with Gasteiger partial charge in [-0.2, -0.15) is 4.31 Å². The molecule has 0 saturated carbocycles. The first kappa shape index (κ1) is 20.6. The minimum absolute atomic E-state index is 0.0198. The minimum Gasteiger partial charge on any atom is -0.308 e. The van der Waals surface area contributed by atoms with Crippen LogP contribution in [0.1, 0.15) is 35.2 Å². The number of carbonyl (C=O) groups is 1. The molecule has 0 aliphatic carbocycles. The molecular formula is C20H19Cl2FN2O3S. The van der Waals surface area contributed by atoms with E-state index in [0.717, 1.165) is 30.9 Å². The van der Waals surface area contributed by atoms with E-state index in [-0.39, 0.29) is 20.5 Å². The van der Waals surface area contributed by atoms with Gasteiger partial charge in [0, 0.05) is 25.3 Å². The SMILES string of the molecule is O=C(c1cc(F)c(Cl)cc1Cl)N1CCc2cc(S(=O)(=O)N3CCCCC3)ccc21. The van der Waals surface area contributed by atoms with Crippen LogP contribution in [0.3, 0.4) is 0 Å². The number of fused-ring (bicyclic) bond motifs is 1. The van der Waals surface area contributed by atoms with Gasteiger partial charge in [-0.15, -0.1) is 0 Å². The fourth-order valence-electron chi connectivity index (χ4n) is 3.84. The maximum Gasteiger partial charge on any atom is 0.259 e. The summed E-state index contributed by atoms with van der Waals surface area (Å²) in [5.41, 5.74) is 1.40. The summed E-state index contributed by atoms with van der Waals surface area (Å²) in [6.07, 6.45) is 3.29. The topological polar surface area (TPSA) is 57.7 Å². The highest BCUT2D eigenvalue weighted by atomic mass is 35.5. The largest absolute Gasteiger partial charge is 0.308 e. The van der Waals surface area contributed by atoms with Crippen LogP contribution in [0, 0.1) is 5.82 Å². The van der Waals surface area contributed by atoms with E-state index in [2.05, 4.69) is 0 Å². The van der Waals surface area contributed by atoms with Crippen LogP contribution in [0.5, 0.6) is 0 Å². The van der Waals surface area contributed by atoms with Crippen molar-refractivity contribution in [2.24, 2.45) is 0 Å². The Morgan fingerprint density at radius 1 is 0.966 bits per heavy atom. The van der Waals surface area contributed by atoms with E-state index >= 15 is 0 Å². The molecule has 1 saturated heterocycles. The van der Waals surface area contributed by atoms with Crippen molar-refractivity contribution in [3.63, 3.8) is 0 Å². The molecule has 2 aliphatic rings. The summed E-state index contributed by atoms with van der Waals surface area (Å²) in [7, 11) is -3.55. The Bertz CT molecular complexity index is 1090. The normalized spacial score (nSPS) is 17.4. The van der Waals surface area contributed by atoms with Crippen molar-refractivity contribution >= 4 is 44.8 Å². The Morgan fingerprint density at radius 2 is 1.69 bits per heavy atom. The Balaban J connectivity index is 1.64. The van der Waals surface area contributed by atoms with Crippen molar-refractivity contribution in [1.82, 2.24) is 4.31 Å². The Labute approximate surface area is 179 Å². The molecule has 0 atom stereocenters. The van der Waals surface area contributed by atoms with Gasteiger partial charge in [-0.25, -0.2) is 12.8 Å². The van der Waals surface area contributed by atoms with Crippen molar-refractivity contribution < 1.29 is 17.6 Å². The third-order valence-electron chi connectivity index (χ3n) is 5.38. The molecule has 154 valence electrons. The summed E-state index contributed by atoms with van der Waals surface area (Å²) in [6, 6.07) is 7.03. The lowest BCUT2D eigenvalue weighted by atomic mass is 10.1. The average Bonchev–Trinajstić information content (AvgIpc) is 3.14. The van der Waals surface area contributed by atoms with Gasteiger partial charge in [0.05, 0.1) is 20.5 Å². The van der Waals surface area contributed by atoms with Gasteiger partial charge in [0.1, 0.15) is 5.82 Å². The summed E-state index contributed by atoms with van der Waals surface area (Å²) in [5.74, 6) is -1.17. The maximum absolute atomic E-state index is 13.8. The van der Waals surface area contributed by atoms with Crippen LogP contribution < -0.4 is 4.90 Å². The first-order valence-corrected chi connectivity index (χ1v) is 11.6. The predicted octanol–water partition coefficient (Wildman–Crippen LogP) is 4.51. The van der Waals surface area contributed by atoms with Crippen molar-refractivity contribution in [3.8, 4) is 0 Å². The van der Waals surface area contributed by atoms with Gasteiger partial charge >= 0.3 is 0 Å². The number of piperidine rings is 1. The quantitative estimate of drug-likeness (QED) is 0.638. The highest BCUT2D eigenvalue weighted by Crippen LogP contribution is 2.34. The van der Waals surface area contributed by atoms with Gasteiger partial charge in [-0.05, 0) is 55.2 Å². The zero-order valence-corrected chi connectivity index (χ0v) is 17.8. The number of halogens is 3. The van der Waals surface area contributed by atoms with Crippen molar-refractivity contribution in [3.05, 3.63) is 57.3 Å². The maximum atomic E-state index is 13.8. The number of hydrogen-bond donors (Lipinski definition) is 0. The number of hydrogen-bond acceptors (Lipinski definition) is 3. The lowest BCUT2D eigenvalue weighted by Crippen LogP contribution is -2.35. The van der Waals surface area contributed by atoms with E-state index in [1.54, 1.807) is 12.1 Å². The molecule has 29 heavy (non-hydrogen) atoms. The van der Waals surface area contributed by atoms with Gasteiger partial charge in [0.15, 0.2) is 0 Å². The highest BCUT2D eigenvalue weighted by Gasteiger charge is 2.31. The van der Waals surface area contributed by atoms with Gasteiger partial charge in [-0.1, -0.05) is 29.6 Å². The lowest BCUT2D eigenvalue weighted by molar-refractivity contribution is 0.0989. The second-order valence-corrected chi connectivity index (χ2v) is 9.96. The number of amides is 1. The first-order valence-electron chi connectivity index (χ1n) is 9.38. The number of nitrogens with zero attached hydrogens (tertiary/aromatic N) is 2. The van der Waals surface area contributed by atoms with Crippen molar-refractivity contribution in [1.29, 1.82) is 0 Å². The van der Waals surface area contributed by atoms with E-state index in [9.17, 15) is 17.6 Å². The molecule has 1 amide bonds. The summed E-state index contributed by atoms with van der Waals surface area (Å²) < 4.78 is 41.2. The summed E-state index contributed by atoms with van der Waals surface area (Å²) in [5, 5.41) is -0.0833. The van der Waals surface area contributed by atoms with Gasteiger partial charge in [-0.3, -0.25) is 4.79 Å². The second-order valence-electron chi connectivity index (χ2n) is 7.21. The van der Waals surface area contributed by atoms with E-state index in [1.807, 2.05) is 0 Å². The summed E-state index contributed by atoms with van der Waals surface area (Å²) >= 11 is 11.8. The Morgan fingerprint density at radius 3 is 2.41 bits per heavy atom. The zero-order chi connectivity index (χ0) is 20.8. The fourth-order valence-corrected chi connectivity index (χ4v) is 5.87.